The second kappa shape index (κ2) is 27.7. The number of ether oxygens (including phenoxy) is 4. The Kier molecular flexibility index (Phi) is 22.2. The van der Waals surface area contributed by atoms with Crippen LogP contribution < -0.4 is 25.4 Å². The van der Waals surface area contributed by atoms with E-state index in [1.165, 1.54) is 0 Å². The lowest BCUT2D eigenvalue weighted by Gasteiger charge is -2.33. The number of halogens is 4. The van der Waals surface area contributed by atoms with Crippen LogP contribution >= 0.6 is 46.4 Å². The van der Waals surface area contributed by atoms with Gasteiger partial charge in [0.2, 0.25) is 31.9 Å². The highest BCUT2D eigenvalue weighted by molar-refractivity contribution is 7.89. The maximum atomic E-state index is 13.1. The second-order valence-electron chi connectivity index (χ2n) is 17.1. The summed E-state index contributed by atoms with van der Waals surface area (Å²) in [6, 6.07) is 21.0. The number of benzene rings is 4. The zero-order chi connectivity index (χ0) is 51.0. The van der Waals surface area contributed by atoms with Crippen LogP contribution in [0, 0.1) is 0 Å². The van der Waals surface area contributed by atoms with Crippen LogP contribution in [0.2, 0.25) is 20.1 Å². The summed E-state index contributed by atoms with van der Waals surface area (Å²) in [4.78, 5) is 28.9. The van der Waals surface area contributed by atoms with E-state index in [-0.39, 0.29) is 126 Å². The fourth-order valence-corrected chi connectivity index (χ4v) is 11.6. The molecule has 0 aliphatic carbocycles. The number of nitrogens with one attached hydrogen (secondary N) is 5. The number of nitrogens with zero attached hydrogens (tertiary/aromatic N) is 2. The quantitative estimate of drug-likeness (QED) is 0.0494. The number of amides is 2. The minimum atomic E-state index is -3.80. The number of sulfonamides is 2. The van der Waals surface area contributed by atoms with E-state index in [9.17, 15) is 26.4 Å². The third-order valence-electron chi connectivity index (χ3n) is 11.7. The minimum Gasteiger partial charge on any atom is -0.378 e. The predicted molar refractivity (Wildman–Crippen MR) is 275 cm³/mol. The summed E-state index contributed by atoms with van der Waals surface area (Å²) in [5.74, 6) is -0.817. The molecule has 4 aromatic carbocycles. The molecule has 17 nitrogen and oxygen atoms in total. The molecule has 0 unspecified atom stereocenters. The topological polar surface area (TPSA) is 206 Å². The molecule has 5 N–H and O–H groups in total. The van der Waals surface area contributed by atoms with E-state index in [2.05, 4.69) is 35.2 Å². The van der Waals surface area contributed by atoms with Crippen LogP contribution in [0.1, 0.15) is 45.2 Å². The van der Waals surface area contributed by atoms with Crippen molar-refractivity contribution in [2.24, 2.45) is 0 Å². The third-order valence-corrected chi connectivity index (χ3v) is 15.7. The van der Waals surface area contributed by atoms with Crippen LogP contribution in [0.25, 0.3) is 0 Å². The highest BCUT2D eigenvalue weighted by Gasteiger charge is 2.30. The Morgan fingerprint density at radius 3 is 1.32 bits per heavy atom. The molecule has 0 fully saturated rings. The van der Waals surface area contributed by atoms with Gasteiger partial charge in [0.25, 0.3) is 0 Å². The molecule has 23 heteroatoms. The van der Waals surface area contributed by atoms with Crippen molar-refractivity contribution >= 4 is 78.3 Å². The Labute approximate surface area is 436 Å². The monoisotopic (exact) mass is 1100 g/mol. The Balaban J connectivity index is 0.733. The third kappa shape index (κ3) is 17.3. The van der Waals surface area contributed by atoms with E-state index < -0.39 is 20.0 Å². The molecule has 6 rings (SSSR count). The van der Waals surface area contributed by atoms with Crippen molar-refractivity contribution in [3.63, 3.8) is 0 Å². The average Bonchev–Trinajstić information content (AvgIpc) is 3.33. The molecule has 71 heavy (non-hydrogen) atoms. The fraction of sp³-hybridized carbons (Fsp3) is 0.458. The lowest BCUT2D eigenvalue weighted by atomic mass is 9.85. The molecule has 2 atom stereocenters. The molecule has 2 heterocycles. The first-order valence-electron chi connectivity index (χ1n) is 23.1. The van der Waals surface area contributed by atoms with Gasteiger partial charge in [-0.05, 0) is 96.0 Å². The molecule has 4 aromatic rings. The van der Waals surface area contributed by atoms with Crippen molar-refractivity contribution in [3.05, 3.63) is 126 Å². The van der Waals surface area contributed by atoms with E-state index in [4.69, 9.17) is 65.4 Å². The highest BCUT2D eigenvalue weighted by Crippen LogP contribution is 2.40. The number of likely N-dealkylation sites (N-methyl/N-ethyl adjacent to an activating group) is 2. The molecule has 0 aromatic heterocycles. The first kappa shape index (κ1) is 56.8. The Morgan fingerprint density at radius 1 is 0.549 bits per heavy atom. The summed E-state index contributed by atoms with van der Waals surface area (Å²) in [5.41, 5.74) is 5.64. The first-order valence-corrected chi connectivity index (χ1v) is 27.6. The summed E-state index contributed by atoms with van der Waals surface area (Å²) in [6.07, 6.45) is 0. The SMILES string of the molecule is CN1Cc2c(Cl)cc(Cl)cc2[C@H](c2cccc(S(=O)(=O)NCCOCCOCCNC(=O)CNCC(=O)NCCOCCOCCNS(=O)(=O)c3cccc([C@@H]4CN(C)Cc5c(Cl)cc(Cl)cc54)c3)c2)C1. The molecule has 2 aliphatic rings. The van der Waals surface area contributed by atoms with Crippen LogP contribution in [-0.2, 0) is 61.7 Å². The largest absolute Gasteiger partial charge is 0.378 e. The molecular formula is C48H61Cl4N7O10S2. The lowest BCUT2D eigenvalue weighted by molar-refractivity contribution is -0.121. The number of hydrogen-bond donors (Lipinski definition) is 5. The smallest absolute Gasteiger partial charge is 0.240 e. The fourth-order valence-electron chi connectivity index (χ4n) is 8.30. The zero-order valence-electron chi connectivity index (χ0n) is 39.6. The van der Waals surface area contributed by atoms with Crippen LogP contribution in [0.5, 0.6) is 0 Å². The molecule has 388 valence electrons. The van der Waals surface area contributed by atoms with Gasteiger partial charge in [-0.25, -0.2) is 26.3 Å². The lowest BCUT2D eigenvalue weighted by Crippen LogP contribution is -2.41. The highest BCUT2D eigenvalue weighted by atomic mass is 35.5. The number of rotatable bonds is 28. The van der Waals surface area contributed by atoms with Gasteiger partial charge in [0.1, 0.15) is 0 Å². The number of hydrogen-bond acceptors (Lipinski definition) is 13. The maximum absolute atomic E-state index is 13.1. The molecule has 0 saturated heterocycles. The van der Waals surface area contributed by atoms with Crippen molar-refractivity contribution < 1.29 is 45.4 Å². The Hall–Kier alpha value is -3.48. The minimum absolute atomic E-state index is 0.0669. The van der Waals surface area contributed by atoms with Gasteiger partial charge in [0, 0.05) is 84.3 Å². The molecule has 0 spiro atoms. The first-order chi connectivity index (χ1) is 34.0. The van der Waals surface area contributed by atoms with Gasteiger partial charge < -0.3 is 39.4 Å². The summed E-state index contributed by atoms with van der Waals surface area (Å²) in [6.45, 7) is 4.92. The normalized spacial score (nSPS) is 16.4. The molecule has 0 radical (unpaired) electrons. The van der Waals surface area contributed by atoms with Gasteiger partial charge >= 0.3 is 0 Å². The van der Waals surface area contributed by atoms with Crippen molar-refractivity contribution in [2.75, 3.05) is 119 Å². The van der Waals surface area contributed by atoms with Gasteiger partial charge in [-0.2, -0.15) is 0 Å². The van der Waals surface area contributed by atoms with E-state index in [0.717, 1.165) is 33.4 Å². The van der Waals surface area contributed by atoms with Gasteiger partial charge in [-0.3, -0.25) is 14.9 Å². The molecule has 2 amide bonds. The summed E-state index contributed by atoms with van der Waals surface area (Å²) >= 11 is 25.7. The Morgan fingerprint density at radius 2 is 0.930 bits per heavy atom. The van der Waals surface area contributed by atoms with E-state index >= 15 is 0 Å². The van der Waals surface area contributed by atoms with Crippen molar-refractivity contribution in [3.8, 4) is 0 Å². The molecular weight excluding hydrogens is 1040 g/mol. The second-order valence-corrected chi connectivity index (χ2v) is 22.3. The summed E-state index contributed by atoms with van der Waals surface area (Å²) in [7, 11) is -3.61. The summed E-state index contributed by atoms with van der Waals surface area (Å²) < 4.78 is 79.7. The number of carbonyl (C=O) groups excluding carboxylic acids is 2. The molecule has 2 aliphatic heterocycles. The van der Waals surface area contributed by atoms with Gasteiger partial charge in [-0.15, -0.1) is 0 Å². The van der Waals surface area contributed by atoms with Crippen molar-refractivity contribution in [2.45, 2.75) is 34.7 Å². The zero-order valence-corrected chi connectivity index (χ0v) is 44.3. The number of fused-ring (bicyclic) bond motifs is 2. The average molecular weight is 1100 g/mol. The van der Waals surface area contributed by atoms with E-state index in [1.807, 2.05) is 38.4 Å². The van der Waals surface area contributed by atoms with Crippen LogP contribution in [0.15, 0.2) is 82.6 Å². The predicted octanol–water partition coefficient (Wildman–Crippen LogP) is 4.60. The molecule has 0 bridgehead atoms. The Bertz CT molecular complexity index is 2490. The maximum Gasteiger partial charge on any atom is 0.240 e. The van der Waals surface area contributed by atoms with E-state index in [0.29, 0.717) is 46.3 Å². The van der Waals surface area contributed by atoms with Crippen molar-refractivity contribution in [1.82, 2.24) is 35.2 Å². The summed E-state index contributed by atoms with van der Waals surface area (Å²) in [5, 5.41) is 10.4. The van der Waals surface area contributed by atoms with Gasteiger partial charge in [-0.1, -0.05) is 70.7 Å². The standard InChI is InChI=1S/C48H61Cl4N7O10S2/c1-58-29-41(39-23-35(49)25-45(51)43(39)31-58)33-5-3-7-37(21-33)70(62,63)56-11-15-68-19-17-66-13-9-54-47(60)27-53-28-48(61)55-10-14-67-18-20-69-16-12-57-71(64,65)38-8-4-6-34(22-38)42-30-59(2)32-44-40(42)24-36(50)26-46(44)52/h3-8,21-26,41-42,53,56-57H,9-20,27-32H2,1-2H3,(H,54,60)(H,55,61)/t41-,42-/m0/s1. The van der Waals surface area contributed by atoms with Crippen LogP contribution in [0.3, 0.4) is 0 Å². The number of carbonyl (C=O) groups is 2. The van der Waals surface area contributed by atoms with Crippen molar-refractivity contribution in [1.29, 1.82) is 0 Å². The van der Waals surface area contributed by atoms with Gasteiger partial charge in [0.15, 0.2) is 0 Å². The van der Waals surface area contributed by atoms with Crippen LogP contribution in [-0.4, -0.2) is 158 Å². The van der Waals surface area contributed by atoms with Crippen LogP contribution in [0.4, 0.5) is 0 Å². The van der Waals surface area contributed by atoms with Gasteiger partial charge in [0.05, 0.1) is 75.7 Å². The molecule has 0 saturated carbocycles. The van der Waals surface area contributed by atoms with E-state index in [1.54, 1.807) is 48.5 Å².